The van der Waals surface area contributed by atoms with Gasteiger partial charge in [0.05, 0.1) is 0 Å². The monoisotopic (exact) mass is 205 g/mol. The Morgan fingerprint density at radius 2 is 2.13 bits per heavy atom. The number of nitrogens with zero attached hydrogens (tertiary/aromatic N) is 3. The van der Waals surface area contributed by atoms with E-state index >= 15 is 0 Å². The zero-order valence-corrected chi connectivity index (χ0v) is 9.56. The molecule has 15 heavy (non-hydrogen) atoms. The van der Waals surface area contributed by atoms with Gasteiger partial charge in [-0.1, -0.05) is 19.9 Å². The molecule has 0 aliphatic rings. The summed E-state index contributed by atoms with van der Waals surface area (Å²) in [6.45, 7) is 11.2. The van der Waals surface area contributed by atoms with Gasteiger partial charge in [-0.05, 0) is 31.1 Å². The lowest BCUT2D eigenvalue weighted by Gasteiger charge is -2.18. The van der Waals surface area contributed by atoms with Crippen molar-refractivity contribution in [3.05, 3.63) is 30.1 Å². The van der Waals surface area contributed by atoms with E-state index in [0.717, 1.165) is 13.1 Å². The molecule has 1 aromatic heterocycles. The van der Waals surface area contributed by atoms with Gasteiger partial charge < -0.3 is 0 Å². The fraction of sp³-hybridized carbons (Fsp3) is 0.500. The molecule has 1 aromatic rings. The van der Waals surface area contributed by atoms with E-state index < -0.39 is 0 Å². The van der Waals surface area contributed by atoms with Crippen molar-refractivity contribution < 1.29 is 0 Å². The molecule has 0 fully saturated rings. The topological polar surface area (TPSA) is 39.9 Å². The molecule has 0 aliphatic heterocycles. The van der Waals surface area contributed by atoms with Crippen LogP contribution >= 0.6 is 0 Å². The third-order valence-electron chi connectivity index (χ3n) is 2.12. The van der Waals surface area contributed by atoms with E-state index in [1.165, 1.54) is 18.5 Å². The zero-order valence-electron chi connectivity index (χ0n) is 9.56. The van der Waals surface area contributed by atoms with Crippen LogP contribution in [0, 0.1) is 11.8 Å². The molecule has 0 unspecified atom stereocenters. The summed E-state index contributed by atoms with van der Waals surface area (Å²) in [5.74, 6) is 0. The minimum Gasteiger partial charge on any atom is -0.299 e. The van der Waals surface area contributed by atoms with E-state index in [2.05, 4.69) is 36.4 Å². The fourth-order valence-electron chi connectivity index (χ4n) is 1.42. The van der Waals surface area contributed by atoms with Gasteiger partial charge in [0.15, 0.2) is 0 Å². The van der Waals surface area contributed by atoms with Gasteiger partial charge in [0.1, 0.15) is 0 Å². The maximum absolute atomic E-state index is 6.50. The van der Waals surface area contributed by atoms with E-state index in [1.54, 1.807) is 0 Å². The second kappa shape index (κ2) is 9.17. The molecule has 0 aliphatic carbocycles. The summed E-state index contributed by atoms with van der Waals surface area (Å²) in [6.07, 6.45) is 4.98. The van der Waals surface area contributed by atoms with Crippen molar-refractivity contribution in [2.24, 2.45) is 0 Å². The highest BCUT2D eigenvalue weighted by molar-refractivity contribution is 5.07. The second-order valence-corrected chi connectivity index (χ2v) is 3.23. The highest BCUT2D eigenvalue weighted by Gasteiger charge is 2.01. The molecular weight excluding hydrogens is 186 g/mol. The lowest BCUT2D eigenvalue weighted by molar-refractivity contribution is 0.280. The molecule has 1 heterocycles. The van der Waals surface area contributed by atoms with Crippen molar-refractivity contribution in [1.29, 1.82) is 5.26 Å². The van der Waals surface area contributed by atoms with Gasteiger partial charge in [0.2, 0.25) is 0 Å². The molecule has 0 saturated heterocycles. The third kappa shape index (κ3) is 5.82. The molecule has 0 bridgehead atoms. The van der Waals surface area contributed by atoms with Crippen molar-refractivity contribution in [2.45, 2.75) is 26.8 Å². The van der Waals surface area contributed by atoms with Gasteiger partial charge in [0, 0.05) is 25.5 Å². The quantitative estimate of drug-likeness (QED) is 0.741. The summed E-state index contributed by atoms with van der Waals surface area (Å²) in [6, 6.07) is 4.13. The smallest absolute Gasteiger partial charge is 0.0462 e. The van der Waals surface area contributed by atoms with Crippen LogP contribution in [-0.2, 0) is 6.54 Å². The number of nitriles is 1. The Labute approximate surface area is 92.4 Å². The highest BCUT2D eigenvalue weighted by Crippen LogP contribution is 2.02. The van der Waals surface area contributed by atoms with Crippen LogP contribution in [-0.4, -0.2) is 23.0 Å². The predicted octanol–water partition coefficient (Wildman–Crippen LogP) is 2.45. The summed E-state index contributed by atoms with van der Waals surface area (Å²) in [5.41, 5.74) is 1.30. The molecule has 0 amide bonds. The zero-order chi connectivity index (χ0) is 11.5. The molecule has 0 atom stereocenters. The number of aromatic nitrogens is 1. The van der Waals surface area contributed by atoms with Crippen LogP contribution in [0.5, 0.6) is 0 Å². The Morgan fingerprint density at radius 1 is 1.40 bits per heavy atom. The number of hydrogen-bond donors (Lipinski definition) is 0. The molecule has 0 saturated carbocycles. The lowest BCUT2D eigenvalue weighted by Crippen LogP contribution is -2.23. The van der Waals surface area contributed by atoms with E-state index in [0.29, 0.717) is 0 Å². The molecule has 82 valence electrons. The van der Waals surface area contributed by atoms with Crippen LogP contribution in [0.15, 0.2) is 24.5 Å². The van der Waals surface area contributed by atoms with Gasteiger partial charge in [-0.15, -0.1) is 0 Å². The first kappa shape index (κ1) is 13.6. The summed E-state index contributed by atoms with van der Waals surface area (Å²) >= 11 is 0. The Morgan fingerprint density at radius 3 is 2.60 bits per heavy atom. The van der Waals surface area contributed by atoms with Crippen molar-refractivity contribution in [3.63, 3.8) is 0 Å². The summed E-state index contributed by atoms with van der Waals surface area (Å²) in [4.78, 5) is 6.53. The highest BCUT2D eigenvalue weighted by atomic mass is 15.1. The first-order valence-electron chi connectivity index (χ1n) is 5.24. The van der Waals surface area contributed by atoms with Crippen LogP contribution in [0.4, 0.5) is 0 Å². The van der Waals surface area contributed by atoms with Gasteiger partial charge in [0.25, 0.3) is 0 Å². The van der Waals surface area contributed by atoms with E-state index in [4.69, 9.17) is 5.26 Å². The van der Waals surface area contributed by atoms with Crippen molar-refractivity contribution in [3.8, 4) is 6.57 Å². The van der Waals surface area contributed by atoms with Gasteiger partial charge >= 0.3 is 0 Å². The molecule has 0 N–H and O–H groups in total. The van der Waals surface area contributed by atoms with Crippen LogP contribution in [0.25, 0.3) is 0 Å². The normalized spacial score (nSPS) is 9.40. The van der Waals surface area contributed by atoms with Crippen molar-refractivity contribution >= 4 is 0 Å². The molecule has 0 spiro atoms. The van der Waals surface area contributed by atoms with E-state index in [1.807, 2.05) is 18.5 Å². The first-order chi connectivity index (χ1) is 7.36. The largest absolute Gasteiger partial charge is 0.299 e. The maximum atomic E-state index is 6.50. The standard InChI is InChI=1S/C11H18N2.CHN/c1-3-8-13(4-2)10-11-6-5-7-12-9-11;1-2/h5-7,9H,3-4,8,10H2,1-2H3;1H. The number of rotatable bonds is 5. The SMILES string of the molecule is C#N.CCCN(CC)Cc1cccnc1. The molecule has 1 rings (SSSR count). The second-order valence-electron chi connectivity index (χ2n) is 3.23. The Kier molecular flexibility index (Phi) is 8.31. The Bertz CT molecular complexity index is 256. The molecule has 0 aromatic carbocycles. The molecule has 3 heteroatoms. The van der Waals surface area contributed by atoms with Crippen molar-refractivity contribution in [2.75, 3.05) is 13.1 Å². The average Bonchev–Trinajstić information content (AvgIpc) is 2.32. The summed E-state index contributed by atoms with van der Waals surface area (Å²) < 4.78 is 0. The number of pyridine rings is 1. The van der Waals surface area contributed by atoms with Crippen LogP contribution < -0.4 is 0 Å². The third-order valence-corrected chi connectivity index (χ3v) is 2.12. The van der Waals surface area contributed by atoms with Gasteiger partial charge in [-0.3, -0.25) is 9.88 Å². The van der Waals surface area contributed by atoms with E-state index in [9.17, 15) is 0 Å². The molecule has 0 radical (unpaired) electrons. The summed E-state index contributed by atoms with van der Waals surface area (Å²) in [7, 11) is 0. The van der Waals surface area contributed by atoms with Gasteiger partial charge in [-0.25, -0.2) is 5.26 Å². The Balaban J connectivity index is 0.000000921. The number of hydrogen-bond acceptors (Lipinski definition) is 3. The molecule has 3 nitrogen and oxygen atoms in total. The van der Waals surface area contributed by atoms with Crippen LogP contribution in [0.2, 0.25) is 0 Å². The Hall–Kier alpha value is -1.40. The van der Waals surface area contributed by atoms with Gasteiger partial charge in [-0.2, -0.15) is 0 Å². The fourth-order valence-corrected chi connectivity index (χ4v) is 1.42. The maximum Gasteiger partial charge on any atom is 0.0462 e. The van der Waals surface area contributed by atoms with Crippen LogP contribution in [0.3, 0.4) is 0 Å². The first-order valence-corrected chi connectivity index (χ1v) is 5.24. The molecular formula is C12H19N3. The summed E-state index contributed by atoms with van der Waals surface area (Å²) in [5, 5.41) is 6.50. The van der Waals surface area contributed by atoms with Crippen molar-refractivity contribution in [1.82, 2.24) is 9.88 Å². The average molecular weight is 205 g/mol. The minimum absolute atomic E-state index is 1.03. The lowest BCUT2D eigenvalue weighted by atomic mass is 10.2. The predicted molar refractivity (Wildman–Crippen MR) is 62.1 cm³/mol. The minimum atomic E-state index is 1.03. The van der Waals surface area contributed by atoms with Crippen LogP contribution in [0.1, 0.15) is 25.8 Å². The van der Waals surface area contributed by atoms with E-state index in [-0.39, 0.29) is 0 Å².